The Morgan fingerprint density at radius 1 is 0.528 bits per heavy atom. The predicted molar refractivity (Wildman–Crippen MR) is 455 cm³/mol. The van der Waals surface area contributed by atoms with Crippen molar-refractivity contribution >= 4 is 78.5 Å². The molecule has 2 aromatic carbocycles. The number of fused-ring (bicyclic) bond motifs is 3. The van der Waals surface area contributed by atoms with Gasteiger partial charge in [0.2, 0.25) is 41.9 Å². The summed E-state index contributed by atoms with van der Waals surface area (Å²) in [5.41, 5.74) is 9.75. The zero-order chi connectivity index (χ0) is 90.9. The summed E-state index contributed by atoms with van der Waals surface area (Å²) in [6, 6.07) is 30.4. The Bertz CT molecular complexity index is 5480. The lowest BCUT2D eigenvalue weighted by atomic mass is 9.61. The van der Waals surface area contributed by atoms with Gasteiger partial charge < -0.3 is 29.4 Å². The van der Waals surface area contributed by atoms with E-state index in [1.807, 2.05) is 49.4 Å². The summed E-state index contributed by atoms with van der Waals surface area (Å²) in [7, 11) is -12.0. The van der Waals surface area contributed by atoms with Crippen molar-refractivity contribution in [1.29, 1.82) is 10.5 Å². The molecule has 2 N–H and O–H groups in total. The van der Waals surface area contributed by atoms with Crippen LogP contribution in [0.1, 0.15) is 184 Å². The molecule has 12 rings (SSSR count). The molecule has 3 saturated carbocycles. The van der Waals surface area contributed by atoms with Crippen molar-refractivity contribution in [2.45, 2.75) is 217 Å². The second-order valence-electron chi connectivity index (χ2n) is 35.3. The minimum atomic E-state index is -4.83. The number of alkyl halides is 4. The number of amides is 4. The smallest absolute Gasteiger partial charge is 0.424 e. The lowest BCUT2D eigenvalue weighted by molar-refractivity contribution is -0.151. The van der Waals surface area contributed by atoms with Crippen molar-refractivity contribution in [3.05, 3.63) is 168 Å². The number of allylic oxidation sites excluding steroid dienone is 3. The molecule has 0 bridgehead atoms. The highest BCUT2D eigenvalue weighted by molar-refractivity contribution is 7.91. The Balaban J connectivity index is 0.000000194. The van der Waals surface area contributed by atoms with Gasteiger partial charge in [-0.25, -0.2) is 75.1 Å². The Kier molecular flexibility index (Phi) is 27.9. The number of carbonyl (C=O) groups is 5. The van der Waals surface area contributed by atoms with Gasteiger partial charge in [0.15, 0.2) is 0 Å². The number of hydrogen-bond acceptors (Lipinski definition) is 22. The number of nitrogens with zero attached hydrogens (tertiary/aromatic N) is 9. The zero-order valence-electron chi connectivity index (χ0n) is 72.0. The molecule has 6 aliphatic rings. The minimum Gasteiger partial charge on any atom is -0.481 e. The number of halogens is 4. The second-order valence-corrected chi connectivity index (χ2v) is 41.7. The fourth-order valence-electron chi connectivity index (χ4n) is 18.7. The first-order chi connectivity index (χ1) is 57.4. The van der Waals surface area contributed by atoms with Crippen molar-refractivity contribution in [2.24, 2.45) is 59.0 Å². The van der Waals surface area contributed by atoms with E-state index >= 15 is 17.6 Å². The number of sulfonamides is 3. The van der Waals surface area contributed by atoms with Gasteiger partial charge in [-0.15, -0.1) is 0 Å². The Morgan fingerprint density at radius 2 is 0.919 bits per heavy atom. The van der Waals surface area contributed by atoms with E-state index in [1.165, 1.54) is 66.0 Å². The summed E-state index contributed by atoms with van der Waals surface area (Å²) in [5.74, 6) is -15.5. The number of benzene rings is 2. The number of primary amides is 1. The zero-order valence-corrected chi connectivity index (χ0v) is 74.5. The van der Waals surface area contributed by atoms with Crippen molar-refractivity contribution in [1.82, 2.24) is 32.9 Å². The van der Waals surface area contributed by atoms with Gasteiger partial charge >= 0.3 is 24.2 Å². The third kappa shape index (κ3) is 19.3. The average Bonchev–Trinajstić information content (AvgIpc) is 1.53. The summed E-state index contributed by atoms with van der Waals surface area (Å²) in [6.45, 7) is 25.7. The molecular weight excluding hydrogens is 1650 g/mol. The molecule has 33 heteroatoms. The van der Waals surface area contributed by atoms with Crippen molar-refractivity contribution in [3.8, 4) is 51.4 Å². The lowest BCUT2D eigenvalue weighted by Gasteiger charge is -2.48. The normalized spacial score (nSPS) is 27.6. The summed E-state index contributed by atoms with van der Waals surface area (Å²) >= 11 is 0. The molecule has 7 heterocycles. The first-order valence-electron chi connectivity index (χ1n) is 40.8. The van der Waals surface area contributed by atoms with E-state index in [0.29, 0.717) is 66.0 Å². The summed E-state index contributed by atoms with van der Waals surface area (Å²) in [5, 5.41) is 18.2. The number of pyridine rings is 4. The Morgan fingerprint density at radius 3 is 1.29 bits per heavy atom. The minimum absolute atomic E-state index is 0.0123. The van der Waals surface area contributed by atoms with Crippen LogP contribution in [0.2, 0.25) is 0 Å². The molecule has 4 aromatic heterocycles. The molecule has 3 saturated heterocycles. The molecule has 0 unspecified atom stereocenters. The molecule has 6 aromatic rings. The fraction of sp³-hybridized carbons (Fsp3) is 0.500. The molecule has 0 radical (unpaired) electrons. The van der Waals surface area contributed by atoms with Gasteiger partial charge in [0.25, 0.3) is 11.8 Å². The van der Waals surface area contributed by atoms with Crippen LogP contribution >= 0.6 is 0 Å². The van der Waals surface area contributed by atoms with E-state index in [1.54, 1.807) is 148 Å². The quantitative estimate of drug-likeness (QED) is 0.0534. The maximum Gasteiger partial charge on any atom is 0.424 e. The molecule has 4 amide bonds. The molecule has 6 fully saturated rings. The number of carbonyl (C=O) groups excluding carboxylic acids is 5. The standard InChI is InChI=1S/C32H37F2N3O6S.C29H36F2N4O6S.C29H35N3O4S/c1-7-42-27(38)16-31-19-32(33,34)20(2)25(28(31)21(3)37(44(31,40)41)29(39)43-30(4,5)6)15-14-24-13-12-23(18-36-24)26-11-9-8-10-22(26)17-35;1-17-21(12-11-20-10-9-19(15-34-20)22-8-7-13-33-25(22)40-6)24-18(2)35(26(37)41-27(3,4)5)42(38,39)28(24,14-23(32)36)16-29(17,30)31;1-6-20-12-16-26-27(19(2)32(37(26,34)35)28(33)36-29(3,4)5)25(20)15-14-23-13-11-22(18-31-23)24-10-8-7-9-21(24)17-30/h8-15,18,20-21,25,28H,7,16,19H2,1-6H3;7-13,15,17-18,21,24H,14,16H2,1-6H3,(H2,32,36);7-11,13-15,18-20,25-27H,6,12,16H2,1-5H3/b15-14+;12-11+;15-14+/t20-,21+,25-,28-,31+;17-,18+,21-,24-,28-;19-,20-,25+,26-,27+/m001/s1. The van der Waals surface area contributed by atoms with Crippen molar-refractivity contribution in [2.75, 3.05) is 13.7 Å². The first-order valence-corrected chi connectivity index (χ1v) is 45.2. The fourth-order valence-corrected chi connectivity index (χ4v) is 26.2. The molecular formula is C90H108F4N10O16S3. The molecule has 3 aliphatic carbocycles. The number of aromatic nitrogens is 4. The van der Waals surface area contributed by atoms with Crippen LogP contribution in [-0.2, 0) is 58.6 Å². The molecule has 15 atom stereocenters. The second kappa shape index (κ2) is 36.3. The van der Waals surface area contributed by atoms with Gasteiger partial charge in [0, 0.05) is 107 Å². The highest BCUT2D eigenvalue weighted by Crippen LogP contribution is 2.63. The monoisotopic (exact) mass is 1760 g/mol. The molecule has 26 nitrogen and oxygen atoms in total. The topological polar surface area (TPSA) is 369 Å². The summed E-state index contributed by atoms with van der Waals surface area (Å²) in [6.07, 6.45) is 11.7. The number of ether oxygens (including phenoxy) is 5. The van der Waals surface area contributed by atoms with Crippen molar-refractivity contribution in [3.63, 3.8) is 0 Å². The third-order valence-corrected chi connectivity index (χ3v) is 31.6. The molecule has 660 valence electrons. The largest absolute Gasteiger partial charge is 0.481 e. The van der Waals surface area contributed by atoms with E-state index in [2.05, 4.69) is 45.1 Å². The SMILES string of the molecule is CCOC(=O)C[C@@]12CC(F)(F)[C@@H](C)[C@H](/C=C/c3ccc(-c4ccccc4C#N)cn3)[C@@H]1[C@@H](C)N(C(=O)OC(C)(C)C)S2(=O)=O.CC[C@@H]1CC[C@@H]2[C@H]([C@H]1/C=C/c1ccc(-c3ccccc3C#N)cn1)[C@@H](C)N(C(=O)OC(C)(C)C)S2(=O)=O.COc1ncccc1-c1ccc(/C=C/[C@@H]2[C@@H]3[C@@H](C)N(C(=O)OC(C)(C)C)S(=O)(=O)[C@@]3(CC(N)=O)CC(F)(F)[C@H]2C)nc1. The number of esters is 1. The highest BCUT2D eigenvalue weighted by Gasteiger charge is 2.75. The van der Waals surface area contributed by atoms with Gasteiger partial charge in [0.05, 0.1) is 83.9 Å². The lowest BCUT2D eigenvalue weighted by Crippen LogP contribution is -2.59. The molecule has 3 aliphatic heterocycles. The van der Waals surface area contributed by atoms with E-state index in [0.717, 1.165) is 39.5 Å². The van der Waals surface area contributed by atoms with E-state index in [4.69, 9.17) is 29.4 Å². The third-order valence-electron chi connectivity index (χ3n) is 24.0. The van der Waals surface area contributed by atoms with Crippen LogP contribution in [0.25, 0.3) is 51.6 Å². The average molecular weight is 1760 g/mol. The van der Waals surface area contributed by atoms with Crippen LogP contribution in [0.15, 0.2) is 140 Å². The summed E-state index contributed by atoms with van der Waals surface area (Å²) in [4.78, 5) is 82.0. The van der Waals surface area contributed by atoms with Gasteiger partial charge in [-0.2, -0.15) is 10.5 Å². The summed E-state index contributed by atoms with van der Waals surface area (Å²) < 4.78 is 170. The number of hydrogen-bond donors (Lipinski definition) is 1. The van der Waals surface area contributed by atoms with Crippen LogP contribution in [0, 0.1) is 75.9 Å². The number of nitriles is 2. The maximum atomic E-state index is 15.8. The van der Waals surface area contributed by atoms with Crippen LogP contribution in [-0.4, -0.2) is 163 Å². The van der Waals surface area contributed by atoms with Crippen LogP contribution in [0.3, 0.4) is 0 Å². The van der Waals surface area contributed by atoms with Gasteiger partial charge in [-0.05, 0) is 187 Å². The number of nitrogens with two attached hydrogens (primary N) is 1. The maximum absolute atomic E-state index is 15.8. The number of rotatable bonds is 16. The molecule has 123 heavy (non-hydrogen) atoms. The molecule has 0 spiro atoms. The van der Waals surface area contributed by atoms with E-state index in [9.17, 15) is 59.7 Å². The van der Waals surface area contributed by atoms with Crippen LogP contribution in [0.4, 0.5) is 31.9 Å². The van der Waals surface area contributed by atoms with Crippen LogP contribution < -0.4 is 10.5 Å². The van der Waals surface area contributed by atoms with Gasteiger partial charge in [-0.3, -0.25) is 24.5 Å². The van der Waals surface area contributed by atoms with E-state index in [-0.39, 0.29) is 18.4 Å². The Hall–Kier alpha value is -10.6. The van der Waals surface area contributed by atoms with Gasteiger partial charge in [0.1, 0.15) is 26.3 Å². The van der Waals surface area contributed by atoms with E-state index < -0.39 is 183 Å². The first kappa shape index (κ1) is 94.6. The van der Waals surface area contributed by atoms with Gasteiger partial charge in [-0.1, -0.05) is 100 Å². The Labute approximate surface area is 717 Å². The van der Waals surface area contributed by atoms with Crippen LogP contribution in [0.5, 0.6) is 5.88 Å². The number of methoxy groups -OCH3 is 1. The highest BCUT2D eigenvalue weighted by atomic mass is 32.2. The van der Waals surface area contributed by atoms with Crippen molar-refractivity contribution < 1.29 is 90.5 Å². The predicted octanol–water partition coefficient (Wildman–Crippen LogP) is 16.9.